The van der Waals surface area contributed by atoms with E-state index < -0.39 is 0 Å². The Morgan fingerprint density at radius 2 is 1.93 bits per heavy atom. The molecule has 3 nitrogen and oxygen atoms in total. The van der Waals surface area contributed by atoms with Gasteiger partial charge >= 0.3 is 0 Å². The first-order valence-corrected chi connectivity index (χ1v) is 10.7. The van der Waals surface area contributed by atoms with Crippen LogP contribution in [0.5, 0.6) is 0 Å². The zero-order valence-electron chi connectivity index (χ0n) is 16.0. The average molecular weight is 389 g/mol. The molecule has 1 amide bonds. The number of rotatable bonds is 5. The van der Waals surface area contributed by atoms with Crippen molar-refractivity contribution < 1.29 is 4.79 Å². The van der Waals surface area contributed by atoms with Crippen LogP contribution < -0.4 is 0 Å². The molecule has 0 N–H and O–H groups in total. The zero-order valence-corrected chi connectivity index (χ0v) is 16.9. The minimum atomic E-state index is 0.134. The van der Waals surface area contributed by atoms with Gasteiger partial charge in [-0.25, -0.2) is 0 Å². The third-order valence-corrected chi connectivity index (χ3v) is 6.37. The number of amides is 1. The van der Waals surface area contributed by atoms with E-state index in [1.807, 2.05) is 41.4 Å². The van der Waals surface area contributed by atoms with Crippen molar-refractivity contribution >= 4 is 17.7 Å². The van der Waals surface area contributed by atoms with Gasteiger partial charge in [0.25, 0.3) is 5.91 Å². The van der Waals surface area contributed by atoms with E-state index in [0.29, 0.717) is 0 Å². The van der Waals surface area contributed by atoms with Gasteiger partial charge in [-0.2, -0.15) is 0 Å². The molecule has 1 aromatic heterocycles. The van der Waals surface area contributed by atoms with E-state index in [1.54, 1.807) is 18.0 Å². The molecule has 0 aliphatic carbocycles. The van der Waals surface area contributed by atoms with E-state index in [2.05, 4.69) is 42.2 Å². The monoisotopic (exact) mass is 388 g/mol. The number of hydrogen-bond acceptors (Lipinski definition) is 3. The van der Waals surface area contributed by atoms with Crippen molar-refractivity contribution in [2.24, 2.45) is 0 Å². The van der Waals surface area contributed by atoms with Crippen LogP contribution in [0.3, 0.4) is 0 Å². The van der Waals surface area contributed by atoms with Gasteiger partial charge < -0.3 is 4.90 Å². The van der Waals surface area contributed by atoms with Gasteiger partial charge in [0.15, 0.2) is 0 Å². The fourth-order valence-electron chi connectivity index (χ4n) is 3.80. The summed E-state index contributed by atoms with van der Waals surface area (Å²) >= 11 is 1.76. The van der Waals surface area contributed by atoms with Crippen molar-refractivity contribution in [2.75, 3.05) is 6.54 Å². The van der Waals surface area contributed by atoms with E-state index >= 15 is 0 Å². The van der Waals surface area contributed by atoms with E-state index in [4.69, 9.17) is 0 Å². The highest BCUT2D eigenvalue weighted by atomic mass is 32.2. The molecule has 0 radical (unpaired) electrons. The Bertz CT molecular complexity index is 940. The number of likely N-dealkylation sites (tertiary alicyclic amines) is 1. The third kappa shape index (κ3) is 4.12. The molecule has 1 saturated heterocycles. The number of hydrogen-bond donors (Lipinski definition) is 0. The van der Waals surface area contributed by atoms with Crippen LogP contribution in [0.1, 0.15) is 45.9 Å². The average Bonchev–Trinajstić information content (AvgIpc) is 3.23. The van der Waals surface area contributed by atoms with Gasteiger partial charge in [0, 0.05) is 35.2 Å². The first-order chi connectivity index (χ1) is 13.7. The summed E-state index contributed by atoms with van der Waals surface area (Å²) in [5.74, 6) is 1.01. The highest BCUT2D eigenvalue weighted by Crippen LogP contribution is 2.35. The number of aryl methyl sites for hydroxylation is 1. The normalized spacial score (nSPS) is 16.3. The van der Waals surface area contributed by atoms with Crippen molar-refractivity contribution in [3.8, 4) is 0 Å². The summed E-state index contributed by atoms with van der Waals surface area (Å²) in [7, 11) is 0. The van der Waals surface area contributed by atoms with Gasteiger partial charge in [-0.3, -0.25) is 9.78 Å². The van der Waals surface area contributed by atoms with Gasteiger partial charge in [0.05, 0.1) is 6.04 Å². The molecular weight excluding hydrogens is 364 g/mol. The summed E-state index contributed by atoms with van der Waals surface area (Å²) < 4.78 is 0. The van der Waals surface area contributed by atoms with Crippen molar-refractivity contribution in [3.05, 3.63) is 95.3 Å². The predicted octanol–water partition coefficient (Wildman–Crippen LogP) is 5.66. The Labute approximate surface area is 170 Å². The van der Waals surface area contributed by atoms with Crippen LogP contribution in [0.4, 0.5) is 0 Å². The SMILES string of the molecule is Cc1ccccc1C1CCCN1C(=O)c1ccc(SCc2cccnc2)cc1. The molecule has 2 heterocycles. The molecule has 1 fully saturated rings. The fourth-order valence-corrected chi connectivity index (χ4v) is 4.64. The van der Waals surface area contributed by atoms with Crippen LogP contribution in [0.15, 0.2) is 78.0 Å². The van der Waals surface area contributed by atoms with E-state index in [9.17, 15) is 4.79 Å². The van der Waals surface area contributed by atoms with Crippen LogP contribution in [0.25, 0.3) is 0 Å². The highest BCUT2D eigenvalue weighted by Gasteiger charge is 2.31. The lowest BCUT2D eigenvalue weighted by atomic mass is 9.99. The summed E-state index contributed by atoms with van der Waals surface area (Å²) in [6, 6.07) is 20.7. The summed E-state index contributed by atoms with van der Waals surface area (Å²) in [5.41, 5.74) is 4.50. The van der Waals surface area contributed by atoms with Crippen LogP contribution in [-0.2, 0) is 5.75 Å². The number of nitrogens with zero attached hydrogens (tertiary/aromatic N) is 2. The zero-order chi connectivity index (χ0) is 19.3. The quantitative estimate of drug-likeness (QED) is 0.529. The highest BCUT2D eigenvalue weighted by molar-refractivity contribution is 7.98. The number of pyridine rings is 1. The molecule has 3 aromatic rings. The van der Waals surface area contributed by atoms with Gasteiger partial charge in [-0.15, -0.1) is 11.8 Å². The van der Waals surface area contributed by atoms with Gasteiger partial charge in [0.2, 0.25) is 0 Å². The Kier molecular flexibility index (Phi) is 5.77. The lowest BCUT2D eigenvalue weighted by Crippen LogP contribution is -2.30. The molecule has 1 unspecified atom stereocenters. The predicted molar refractivity (Wildman–Crippen MR) is 114 cm³/mol. The smallest absolute Gasteiger partial charge is 0.254 e. The minimum Gasteiger partial charge on any atom is -0.332 e. The van der Waals surface area contributed by atoms with Gasteiger partial charge in [-0.05, 0) is 66.8 Å². The largest absolute Gasteiger partial charge is 0.332 e. The Balaban J connectivity index is 1.45. The van der Waals surface area contributed by atoms with E-state index in [1.165, 1.54) is 16.7 Å². The minimum absolute atomic E-state index is 0.134. The van der Waals surface area contributed by atoms with Crippen LogP contribution in [-0.4, -0.2) is 22.3 Å². The van der Waals surface area contributed by atoms with Crippen LogP contribution in [0, 0.1) is 6.92 Å². The maximum Gasteiger partial charge on any atom is 0.254 e. The maximum atomic E-state index is 13.1. The summed E-state index contributed by atoms with van der Waals surface area (Å²) in [4.78, 5) is 20.5. The topological polar surface area (TPSA) is 33.2 Å². The van der Waals surface area contributed by atoms with E-state index in [0.717, 1.165) is 35.6 Å². The number of carbonyl (C=O) groups is 1. The summed E-state index contributed by atoms with van der Waals surface area (Å²) in [6.07, 6.45) is 5.78. The second kappa shape index (κ2) is 8.61. The molecule has 142 valence electrons. The Morgan fingerprint density at radius 3 is 2.68 bits per heavy atom. The first kappa shape index (κ1) is 18.8. The van der Waals surface area contributed by atoms with Crippen molar-refractivity contribution in [1.82, 2.24) is 9.88 Å². The van der Waals surface area contributed by atoms with Crippen molar-refractivity contribution in [1.29, 1.82) is 0 Å². The number of carbonyl (C=O) groups excluding carboxylic acids is 1. The van der Waals surface area contributed by atoms with Gasteiger partial charge in [-0.1, -0.05) is 30.3 Å². The first-order valence-electron chi connectivity index (χ1n) is 9.70. The Morgan fingerprint density at radius 1 is 1.11 bits per heavy atom. The molecule has 4 rings (SSSR count). The third-order valence-electron chi connectivity index (χ3n) is 5.29. The molecule has 0 spiro atoms. The Hall–Kier alpha value is -2.59. The van der Waals surface area contributed by atoms with E-state index in [-0.39, 0.29) is 11.9 Å². The van der Waals surface area contributed by atoms with Crippen LogP contribution in [0.2, 0.25) is 0 Å². The molecule has 0 saturated carbocycles. The number of aromatic nitrogens is 1. The van der Waals surface area contributed by atoms with Crippen molar-refractivity contribution in [3.63, 3.8) is 0 Å². The molecule has 1 atom stereocenters. The number of thioether (sulfide) groups is 1. The molecule has 2 aromatic carbocycles. The van der Waals surface area contributed by atoms with Gasteiger partial charge in [0.1, 0.15) is 0 Å². The standard InChI is InChI=1S/C24H24N2OS/c1-18-6-2-3-8-22(18)23-9-5-15-26(23)24(27)20-10-12-21(13-11-20)28-17-19-7-4-14-25-16-19/h2-4,6-8,10-14,16,23H,5,9,15,17H2,1H3. The molecule has 0 bridgehead atoms. The lowest BCUT2D eigenvalue weighted by Gasteiger charge is -2.26. The van der Waals surface area contributed by atoms with Crippen molar-refractivity contribution in [2.45, 2.75) is 36.5 Å². The fraction of sp³-hybridized carbons (Fsp3) is 0.250. The maximum absolute atomic E-state index is 13.1. The second-order valence-electron chi connectivity index (χ2n) is 7.19. The molecular formula is C24H24N2OS. The molecule has 1 aliphatic heterocycles. The molecule has 28 heavy (non-hydrogen) atoms. The summed E-state index contributed by atoms with van der Waals surface area (Å²) in [6.45, 7) is 2.96. The molecule has 4 heteroatoms. The number of benzene rings is 2. The lowest BCUT2D eigenvalue weighted by molar-refractivity contribution is 0.0735. The van der Waals surface area contributed by atoms with Crippen LogP contribution >= 0.6 is 11.8 Å². The summed E-state index contributed by atoms with van der Waals surface area (Å²) in [5, 5.41) is 0. The molecule has 1 aliphatic rings. The second-order valence-corrected chi connectivity index (χ2v) is 8.24.